The number of alkyl halides is 1. The summed E-state index contributed by atoms with van der Waals surface area (Å²) in [4.78, 5) is 5.55. The monoisotopic (exact) mass is 266 g/mol. The summed E-state index contributed by atoms with van der Waals surface area (Å²) in [5.41, 5.74) is 3.56. The summed E-state index contributed by atoms with van der Waals surface area (Å²) in [6, 6.07) is 8.45. The molecule has 0 atom stereocenters. The SMILES string of the molecule is CN(CBr)CCc1c[nH]c2ccccc12. The molecule has 0 aliphatic carbocycles. The molecule has 2 nitrogen and oxygen atoms in total. The van der Waals surface area contributed by atoms with Crippen molar-refractivity contribution in [2.45, 2.75) is 6.42 Å². The Morgan fingerprint density at radius 3 is 2.93 bits per heavy atom. The number of aromatic amines is 1. The molecule has 0 amide bonds. The molecule has 15 heavy (non-hydrogen) atoms. The lowest BCUT2D eigenvalue weighted by Gasteiger charge is -2.11. The number of hydrogen-bond donors (Lipinski definition) is 1. The first kappa shape index (κ1) is 10.7. The van der Waals surface area contributed by atoms with Gasteiger partial charge < -0.3 is 4.98 Å². The molecule has 1 aromatic heterocycles. The summed E-state index contributed by atoms with van der Waals surface area (Å²) in [6.07, 6.45) is 3.21. The minimum absolute atomic E-state index is 0.926. The van der Waals surface area contributed by atoms with E-state index in [4.69, 9.17) is 0 Å². The highest BCUT2D eigenvalue weighted by Crippen LogP contribution is 2.18. The maximum atomic E-state index is 3.45. The molecule has 0 aliphatic rings. The molecule has 0 aliphatic heterocycles. The average molecular weight is 267 g/mol. The van der Waals surface area contributed by atoms with Crippen LogP contribution in [0.15, 0.2) is 30.5 Å². The number of hydrogen-bond acceptors (Lipinski definition) is 1. The quantitative estimate of drug-likeness (QED) is 0.666. The van der Waals surface area contributed by atoms with Gasteiger partial charge in [-0.05, 0) is 25.1 Å². The fraction of sp³-hybridized carbons (Fsp3) is 0.333. The van der Waals surface area contributed by atoms with Crippen molar-refractivity contribution in [1.82, 2.24) is 9.88 Å². The first-order valence-corrected chi connectivity index (χ1v) is 6.23. The number of rotatable bonds is 4. The largest absolute Gasteiger partial charge is 0.361 e. The lowest BCUT2D eigenvalue weighted by Crippen LogP contribution is -2.18. The molecular formula is C12H15BrN2. The van der Waals surface area contributed by atoms with E-state index in [0.29, 0.717) is 0 Å². The Labute approximate surface area is 98.4 Å². The zero-order valence-electron chi connectivity index (χ0n) is 8.83. The number of para-hydroxylation sites is 1. The van der Waals surface area contributed by atoms with Crippen molar-refractivity contribution in [3.63, 3.8) is 0 Å². The van der Waals surface area contributed by atoms with Crippen LogP contribution in [-0.2, 0) is 6.42 Å². The molecule has 2 rings (SSSR count). The van der Waals surface area contributed by atoms with Crippen LogP contribution < -0.4 is 0 Å². The number of fused-ring (bicyclic) bond motifs is 1. The second-order valence-electron chi connectivity index (χ2n) is 3.81. The van der Waals surface area contributed by atoms with E-state index < -0.39 is 0 Å². The van der Waals surface area contributed by atoms with Crippen LogP contribution in [0, 0.1) is 0 Å². The Bertz CT molecular complexity index is 436. The van der Waals surface area contributed by atoms with Crippen LogP contribution in [0.1, 0.15) is 5.56 Å². The zero-order chi connectivity index (χ0) is 10.7. The molecule has 2 aromatic rings. The Morgan fingerprint density at radius 1 is 1.33 bits per heavy atom. The van der Waals surface area contributed by atoms with Gasteiger partial charge in [-0.15, -0.1) is 0 Å². The zero-order valence-corrected chi connectivity index (χ0v) is 10.4. The molecule has 1 N–H and O–H groups in total. The molecule has 0 spiro atoms. The van der Waals surface area contributed by atoms with Gasteiger partial charge >= 0.3 is 0 Å². The number of nitrogens with one attached hydrogen (secondary N) is 1. The van der Waals surface area contributed by atoms with Gasteiger partial charge in [-0.3, -0.25) is 4.90 Å². The van der Waals surface area contributed by atoms with Crippen LogP contribution in [0.2, 0.25) is 0 Å². The van der Waals surface area contributed by atoms with Crippen molar-refractivity contribution in [3.8, 4) is 0 Å². The number of benzene rings is 1. The summed E-state index contributed by atoms with van der Waals surface area (Å²) in [5.74, 6) is 0. The summed E-state index contributed by atoms with van der Waals surface area (Å²) in [5, 5.41) is 1.35. The number of likely N-dealkylation sites (N-methyl/N-ethyl adjacent to an activating group) is 1. The Morgan fingerprint density at radius 2 is 2.13 bits per heavy atom. The van der Waals surface area contributed by atoms with E-state index in [1.165, 1.54) is 16.5 Å². The lowest BCUT2D eigenvalue weighted by atomic mass is 10.1. The van der Waals surface area contributed by atoms with Crippen LogP contribution in [0.3, 0.4) is 0 Å². The van der Waals surface area contributed by atoms with Gasteiger partial charge in [-0.2, -0.15) is 0 Å². The molecule has 1 aromatic carbocycles. The van der Waals surface area contributed by atoms with Gasteiger partial charge in [0.15, 0.2) is 0 Å². The third-order valence-electron chi connectivity index (χ3n) is 2.64. The highest BCUT2D eigenvalue weighted by molar-refractivity contribution is 9.09. The molecule has 1 heterocycles. The van der Waals surface area contributed by atoms with Gasteiger partial charge in [0.25, 0.3) is 0 Å². The van der Waals surface area contributed by atoms with E-state index in [2.05, 4.69) is 63.3 Å². The van der Waals surface area contributed by atoms with Crippen LogP contribution in [-0.4, -0.2) is 28.9 Å². The van der Waals surface area contributed by atoms with Crippen molar-refractivity contribution < 1.29 is 0 Å². The van der Waals surface area contributed by atoms with Gasteiger partial charge in [-0.1, -0.05) is 34.1 Å². The third kappa shape index (κ3) is 2.41. The van der Waals surface area contributed by atoms with Crippen molar-refractivity contribution >= 4 is 26.8 Å². The third-order valence-corrected chi connectivity index (χ3v) is 3.50. The molecule has 80 valence electrons. The average Bonchev–Trinajstić information content (AvgIpc) is 2.69. The Balaban J connectivity index is 2.14. The topological polar surface area (TPSA) is 19.0 Å². The predicted octanol–water partition coefficient (Wildman–Crippen LogP) is 2.99. The number of aromatic nitrogens is 1. The normalized spacial score (nSPS) is 11.4. The van der Waals surface area contributed by atoms with Gasteiger partial charge in [0.05, 0.1) is 5.45 Å². The molecule has 0 saturated carbocycles. The fourth-order valence-electron chi connectivity index (χ4n) is 1.71. The van der Waals surface area contributed by atoms with Crippen molar-refractivity contribution in [2.75, 3.05) is 19.0 Å². The molecule has 0 bridgehead atoms. The van der Waals surface area contributed by atoms with E-state index in [-0.39, 0.29) is 0 Å². The molecule has 0 saturated heterocycles. The molecule has 0 fully saturated rings. The van der Waals surface area contributed by atoms with E-state index in [9.17, 15) is 0 Å². The second-order valence-corrected chi connectivity index (χ2v) is 4.31. The fourth-order valence-corrected chi connectivity index (χ4v) is 1.96. The van der Waals surface area contributed by atoms with Crippen LogP contribution in [0.25, 0.3) is 10.9 Å². The predicted molar refractivity (Wildman–Crippen MR) is 68.4 cm³/mol. The highest BCUT2D eigenvalue weighted by Gasteiger charge is 2.03. The summed E-state index contributed by atoms with van der Waals surface area (Å²) in [6.45, 7) is 1.08. The Kier molecular flexibility index (Phi) is 3.44. The summed E-state index contributed by atoms with van der Waals surface area (Å²) < 4.78 is 0. The summed E-state index contributed by atoms with van der Waals surface area (Å²) >= 11 is 3.45. The molecule has 3 heteroatoms. The first-order chi connectivity index (χ1) is 7.31. The minimum atomic E-state index is 0.926. The standard InChI is InChI=1S/C12H15BrN2/c1-15(9-13)7-6-10-8-14-12-5-3-2-4-11(10)12/h2-5,8,14H,6-7,9H2,1H3. The van der Waals surface area contributed by atoms with E-state index >= 15 is 0 Å². The van der Waals surface area contributed by atoms with Crippen molar-refractivity contribution in [3.05, 3.63) is 36.0 Å². The highest BCUT2D eigenvalue weighted by atomic mass is 79.9. The van der Waals surface area contributed by atoms with Gasteiger partial charge in [0.2, 0.25) is 0 Å². The lowest BCUT2D eigenvalue weighted by molar-refractivity contribution is 0.402. The first-order valence-electron chi connectivity index (χ1n) is 5.11. The van der Waals surface area contributed by atoms with E-state index in [1.54, 1.807) is 0 Å². The molecule has 0 radical (unpaired) electrons. The van der Waals surface area contributed by atoms with E-state index in [0.717, 1.165) is 18.4 Å². The second kappa shape index (κ2) is 4.81. The number of H-pyrrole nitrogens is 1. The van der Waals surface area contributed by atoms with Gasteiger partial charge in [0.1, 0.15) is 0 Å². The Hall–Kier alpha value is -0.800. The van der Waals surface area contributed by atoms with Crippen LogP contribution in [0.5, 0.6) is 0 Å². The molecular weight excluding hydrogens is 252 g/mol. The van der Waals surface area contributed by atoms with Crippen molar-refractivity contribution in [2.24, 2.45) is 0 Å². The van der Waals surface area contributed by atoms with Gasteiger partial charge in [0, 0.05) is 23.6 Å². The maximum absolute atomic E-state index is 3.45. The molecule has 0 unspecified atom stereocenters. The van der Waals surface area contributed by atoms with Gasteiger partial charge in [-0.25, -0.2) is 0 Å². The van der Waals surface area contributed by atoms with Crippen molar-refractivity contribution in [1.29, 1.82) is 0 Å². The maximum Gasteiger partial charge on any atom is 0.0539 e. The van der Waals surface area contributed by atoms with E-state index in [1.807, 2.05) is 0 Å². The number of nitrogens with zero attached hydrogens (tertiary/aromatic N) is 1. The van der Waals surface area contributed by atoms with Crippen LogP contribution in [0.4, 0.5) is 0 Å². The van der Waals surface area contributed by atoms with Crippen LogP contribution >= 0.6 is 15.9 Å². The minimum Gasteiger partial charge on any atom is -0.361 e. The summed E-state index contributed by atoms with van der Waals surface area (Å²) in [7, 11) is 2.11. The number of halogens is 1. The smallest absolute Gasteiger partial charge is 0.0539 e.